The topological polar surface area (TPSA) is 50.7 Å². The van der Waals surface area contributed by atoms with E-state index in [0.717, 1.165) is 10.8 Å². The summed E-state index contributed by atoms with van der Waals surface area (Å²) in [4.78, 5) is 12.3. The van der Waals surface area contributed by atoms with Crippen LogP contribution in [0.3, 0.4) is 0 Å². The molecule has 0 atom stereocenters. The summed E-state index contributed by atoms with van der Waals surface area (Å²) in [6.45, 7) is 0. The normalized spacial score (nSPS) is 10.9. The fourth-order valence-corrected chi connectivity index (χ4v) is 2.37. The Balaban J connectivity index is 1.84. The number of hydrogen-bond acceptors (Lipinski definition) is 3. The number of hydrazone groups is 1. The summed E-state index contributed by atoms with van der Waals surface area (Å²) in [6, 6.07) is 17.4. The van der Waals surface area contributed by atoms with Crippen molar-refractivity contribution < 1.29 is 13.9 Å². The van der Waals surface area contributed by atoms with E-state index in [-0.39, 0.29) is 0 Å². The third-order valence-electron chi connectivity index (χ3n) is 3.59. The molecular formula is C19H15FN2O2. The summed E-state index contributed by atoms with van der Waals surface area (Å²) in [5.74, 6) is -0.378. The summed E-state index contributed by atoms with van der Waals surface area (Å²) in [5, 5.41) is 5.71. The molecule has 5 heteroatoms. The van der Waals surface area contributed by atoms with Crippen molar-refractivity contribution in [2.24, 2.45) is 5.10 Å². The number of carbonyl (C=O) groups excluding carboxylic acids is 1. The van der Waals surface area contributed by atoms with Crippen LogP contribution in [0.5, 0.6) is 5.75 Å². The summed E-state index contributed by atoms with van der Waals surface area (Å²) < 4.78 is 18.8. The van der Waals surface area contributed by atoms with Crippen LogP contribution in [0, 0.1) is 5.82 Å². The van der Waals surface area contributed by atoms with Gasteiger partial charge in [0.15, 0.2) is 0 Å². The largest absolute Gasteiger partial charge is 0.496 e. The zero-order chi connectivity index (χ0) is 16.9. The molecule has 0 aromatic heterocycles. The Kier molecular flexibility index (Phi) is 4.52. The first kappa shape index (κ1) is 15.7. The van der Waals surface area contributed by atoms with E-state index in [1.807, 2.05) is 24.3 Å². The quantitative estimate of drug-likeness (QED) is 0.587. The molecule has 24 heavy (non-hydrogen) atoms. The molecule has 1 amide bonds. The maximum absolute atomic E-state index is 13.5. The standard InChI is InChI=1S/C19H15FN2O2/c1-24-18-11-14-7-3-2-6-13(14)10-16(18)19(23)22-21-12-15-8-4-5-9-17(15)20/h2-12H,1H3,(H,22,23)/b21-12+. The predicted molar refractivity (Wildman–Crippen MR) is 92.0 cm³/mol. The van der Waals surface area contributed by atoms with Crippen LogP contribution >= 0.6 is 0 Å². The maximum Gasteiger partial charge on any atom is 0.275 e. The molecular weight excluding hydrogens is 307 g/mol. The molecule has 0 saturated carbocycles. The number of ether oxygens (including phenoxy) is 1. The lowest BCUT2D eigenvalue weighted by atomic mass is 10.1. The van der Waals surface area contributed by atoms with Gasteiger partial charge in [-0.2, -0.15) is 5.10 Å². The minimum absolute atomic E-state index is 0.295. The minimum atomic E-state index is -0.426. The van der Waals surface area contributed by atoms with E-state index in [2.05, 4.69) is 10.5 Å². The Morgan fingerprint density at radius 3 is 2.46 bits per heavy atom. The molecule has 0 spiro atoms. The summed E-state index contributed by atoms with van der Waals surface area (Å²) in [5.41, 5.74) is 3.06. The monoisotopic (exact) mass is 322 g/mol. The molecule has 120 valence electrons. The van der Waals surface area contributed by atoms with Crippen LogP contribution in [0.2, 0.25) is 0 Å². The first-order valence-electron chi connectivity index (χ1n) is 7.34. The van der Waals surface area contributed by atoms with Crippen LogP contribution in [0.1, 0.15) is 15.9 Å². The second-order valence-corrected chi connectivity index (χ2v) is 5.12. The van der Waals surface area contributed by atoms with Crippen LogP contribution in [0.4, 0.5) is 4.39 Å². The number of nitrogens with one attached hydrogen (secondary N) is 1. The lowest BCUT2D eigenvalue weighted by Gasteiger charge is -2.09. The molecule has 0 bridgehead atoms. The zero-order valence-corrected chi connectivity index (χ0v) is 13.0. The van der Waals surface area contributed by atoms with Gasteiger partial charge in [0.2, 0.25) is 0 Å². The van der Waals surface area contributed by atoms with Crippen molar-refractivity contribution in [3.05, 3.63) is 77.6 Å². The first-order valence-corrected chi connectivity index (χ1v) is 7.34. The Labute approximate surface area is 138 Å². The average Bonchev–Trinajstić information content (AvgIpc) is 2.62. The lowest BCUT2D eigenvalue weighted by Crippen LogP contribution is -2.18. The number of amides is 1. The van der Waals surface area contributed by atoms with E-state index < -0.39 is 11.7 Å². The van der Waals surface area contributed by atoms with Crippen molar-refractivity contribution in [3.63, 3.8) is 0 Å². The van der Waals surface area contributed by atoms with Crippen LogP contribution in [0.15, 0.2) is 65.8 Å². The van der Waals surface area contributed by atoms with Crippen molar-refractivity contribution in [3.8, 4) is 5.75 Å². The predicted octanol–water partition coefficient (Wildman–Crippen LogP) is 3.75. The highest BCUT2D eigenvalue weighted by atomic mass is 19.1. The van der Waals surface area contributed by atoms with E-state index in [1.165, 1.54) is 19.4 Å². The van der Waals surface area contributed by atoms with E-state index in [0.29, 0.717) is 16.9 Å². The van der Waals surface area contributed by atoms with Gasteiger partial charge in [0.1, 0.15) is 11.6 Å². The molecule has 0 aliphatic heterocycles. The average molecular weight is 322 g/mol. The second-order valence-electron chi connectivity index (χ2n) is 5.12. The minimum Gasteiger partial charge on any atom is -0.496 e. The third kappa shape index (κ3) is 3.25. The first-order chi connectivity index (χ1) is 11.7. The lowest BCUT2D eigenvalue weighted by molar-refractivity contribution is 0.0952. The summed E-state index contributed by atoms with van der Waals surface area (Å²) >= 11 is 0. The van der Waals surface area contributed by atoms with Crippen molar-refractivity contribution >= 4 is 22.9 Å². The molecule has 0 aliphatic rings. The third-order valence-corrected chi connectivity index (χ3v) is 3.59. The molecule has 1 N–H and O–H groups in total. The highest BCUT2D eigenvalue weighted by molar-refractivity contribution is 6.01. The van der Waals surface area contributed by atoms with Gasteiger partial charge in [-0.05, 0) is 29.0 Å². The molecule has 0 unspecified atom stereocenters. The molecule has 3 aromatic carbocycles. The summed E-state index contributed by atoms with van der Waals surface area (Å²) in [6.07, 6.45) is 1.26. The van der Waals surface area contributed by atoms with Gasteiger partial charge < -0.3 is 4.74 Å². The van der Waals surface area contributed by atoms with Crippen molar-refractivity contribution in [1.82, 2.24) is 5.43 Å². The number of nitrogens with zero attached hydrogens (tertiary/aromatic N) is 1. The number of hydrogen-bond donors (Lipinski definition) is 1. The Morgan fingerprint density at radius 2 is 1.75 bits per heavy atom. The number of rotatable bonds is 4. The van der Waals surface area contributed by atoms with E-state index in [1.54, 1.807) is 30.3 Å². The van der Waals surface area contributed by atoms with Gasteiger partial charge in [-0.3, -0.25) is 4.79 Å². The number of carbonyl (C=O) groups is 1. The van der Waals surface area contributed by atoms with Gasteiger partial charge >= 0.3 is 0 Å². The number of halogens is 1. The second kappa shape index (κ2) is 6.91. The summed E-state index contributed by atoms with van der Waals surface area (Å²) in [7, 11) is 1.50. The Morgan fingerprint density at radius 1 is 1.08 bits per heavy atom. The van der Waals surface area contributed by atoms with Gasteiger partial charge in [-0.1, -0.05) is 42.5 Å². The molecule has 3 rings (SSSR count). The highest BCUT2D eigenvalue weighted by Gasteiger charge is 2.13. The van der Waals surface area contributed by atoms with Crippen LogP contribution < -0.4 is 10.2 Å². The van der Waals surface area contributed by atoms with E-state index in [4.69, 9.17) is 4.74 Å². The van der Waals surface area contributed by atoms with Crippen molar-refractivity contribution in [1.29, 1.82) is 0 Å². The number of methoxy groups -OCH3 is 1. The fraction of sp³-hybridized carbons (Fsp3) is 0.0526. The molecule has 0 fully saturated rings. The Hall–Kier alpha value is -3.21. The van der Waals surface area contributed by atoms with Crippen LogP contribution in [-0.4, -0.2) is 19.2 Å². The van der Waals surface area contributed by atoms with Gasteiger partial charge in [0.05, 0.1) is 18.9 Å². The number of benzene rings is 3. The molecule has 3 aromatic rings. The Bertz CT molecular complexity index is 922. The fourth-order valence-electron chi connectivity index (χ4n) is 2.37. The number of fused-ring (bicyclic) bond motifs is 1. The van der Waals surface area contributed by atoms with Gasteiger partial charge in [0.25, 0.3) is 5.91 Å². The molecule has 0 saturated heterocycles. The van der Waals surface area contributed by atoms with Crippen molar-refractivity contribution in [2.75, 3.05) is 7.11 Å². The van der Waals surface area contributed by atoms with Gasteiger partial charge in [0, 0.05) is 5.56 Å². The molecule has 4 nitrogen and oxygen atoms in total. The van der Waals surface area contributed by atoms with E-state index in [9.17, 15) is 9.18 Å². The van der Waals surface area contributed by atoms with Gasteiger partial charge in [-0.15, -0.1) is 0 Å². The van der Waals surface area contributed by atoms with Gasteiger partial charge in [-0.25, -0.2) is 9.82 Å². The van der Waals surface area contributed by atoms with E-state index >= 15 is 0 Å². The van der Waals surface area contributed by atoms with Crippen molar-refractivity contribution in [2.45, 2.75) is 0 Å². The highest BCUT2D eigenvalue weighted by Crippen LogP contribution is 2.25. The zero-order valence-electron chi connectivity index (χ0n) is 13.0. The maximum atomic E-state index is 13.5. The molecule has 0 heterocycles. The SMILES string of the molecule is COc1cc2ccccc2cc1C(=O)N/N=C/c1ccccc1F. The molecule has 0 radical (unpaired) electrons. The van der Waals surface area contributed by atoms with Crippen LogP contribution in [0.25, 0.3) is 10.8 Å². The van der Waals surface area contributed by atoms with Crippen LogP contribution in [-0.2, 0) is 0 Å². The molecule has 0 aliphatic carbocycles. The smallest absolute Gasteiger partial charge is 0.275 e.